The topological polar surface area (TPSA) is 102 Å². The van der Waals surface area contributed by atoms with Gasteiger partial charge in [0.2, 0.25) is 11.7 Å². The van der Waals surface area contributed by atoms with Gasteiger partial charge in [0.15, 0.2) is 6.10 Å². The molecule has 0 saturated carbocycles. The van der Waals surface area contributed by atoms with E-state index in [1.807, 2.05) is 121 Å². The summed E-state index contributed by atoms with van der Waals surface area (Å²) in [5, 5.41) is 3.02. The Morgan fingerprint density at radius 2 is 1.18 bits per heavy atom. The minimum Gasteiger partial charge on any atom is -0.478 e. The molecule has 0 saturated heterocycles. The van der Waals surface area contributed by atoms with Crippen molar-refractivity contribution in [2.24, 2.45) is 0 Å². The summed E-state index contributed by atoms with van der Waals surface area (Å²) in [6.07, 6.45) is -1.74. The summed E-state index contributed by atoms with van der Waals surface area (Å²) >= 11 is 0. The van der Waals surface area contributed by atoms with Crippen molar-refractivity contribution < 1.29 is 38.0 Å². The van der Waals surface area contributed by atoms with Crippen LogP contribution in [-0.4, -0.2) is 56.1 Å². The van der Waals surface area contributed by atoms with Crippen LogP contribution in [-0.2, 0) is 64.4 Å². The molecule has 1 aliphatic heterocycles. The van der Waals surface area contributed by atoms with Crippen molar-refractivity contribution in [3.8, 4) is 0 Å². The molecule has 5 atom stereocenters. The average molecular weight is 666 g/mol. The molecule has 1 heterocycles. The molecule has 0 bridgehead atoms. The smallest absolute Gasteiger partial charge is 0.373 e. The number of benzene rings is 4. The second-order valence-electron chi connectivity index (χ2n) is 11.7. The number of carbonyl (C=O) groups is 2. The predicted molar refractivity (Wildman–Crippen MR) is 184 cm³/mol. The second-order valence-corrected chi connectivity index (χ2v) is 11.7. The lowest BCUT2D eigenvalue weighted by Crippen LogP contribution is -2.61. The number of hydrogen-bond donors (Lipinski definition) is 1. The Labute approximate surface area is 287 Å². The van der Waals surface area contributed by atoms with Gasteiger partial charge >= 0.3 is 5.97 Å². The van der Waals surface area contributed by atoms with Crippen molar-refractivity contribution in [2.75, 3.05) is 13.7 Å². The largest absolute Gasteiger partial charge is 0.478 e. The molecule has 0 spiro atoms. The number of carbonyl (C=O) groups excluding carboxylic acids is 2. The lowest BCUT2D eigenvalue weighted by Gasteiger charge is -2.42. The zero-order valence-corrected chi connectivity index (χ0v) is 27.8. The first kappa shape index (κ1) is 35.5. The van der Waals surface area contributed by atoms with Gasteiger partial charge in [-0.15, -0.1) is 0 Å². The van der Waals surface area contributed by atoms with Crippen molar-refractivity contribution in [3.05, 3.63) is 155 Å². The van der Waals surface area contributed by atoms with Crippen molar-refractivity contribution in [2.45, 2.75) is 63.8 Å². The summed E-state index contributed by atoms with van der Waals surface area (Å²) in [4.78, 5) is 25.7. The number of esters is 1. The molecule has 49 heavy (non-hydrogen) atoms. The maximum Gasteiger partial charge on any atom is 0.373 e. The van der Waals surface area contributed by atoms with Crippen molar-refractivity contribution in [1.29, 1.82) is 0 Å². The quantitative estimate of drug-likeness (QED) is 0.139. The molecule has 9 nitrogen and oxygen atoms in total. The van der Waals surface area contributed by atoms with E-state index in [4.69, 9.17) is 28.4 Å². The maximum atomic E-state index is 13.0. The van der Waals surface area contributed by atoms with Gasteiger partial charge < -0.3 is 33.7 Å². The molecule has 4 aromatic rings. The summed E-state index contributed by atoms with van der Waals surface area (Å²) in [6, 6.07) is 38.2. The Balaban J connectivity index is 1.50. The van der Waals surface area contributed by atoms with Crippen LogP contribution in [0.15, 0.2) is 133 Å². The lowest BCUT2D eigenvalue weighted by atomic mass is 9.93. The first-order valence-electron chi connectivity index (χ1n) is 16.3. The van der Waals surface area contributed by atoms with Crippen LogP contribution in [0.4, 0.5) is 0 Å². The standard InChI is InChI=1S/C40H43NO8/c1-29(42)41-37-34(46-25-31-17-9-4-10-18-31)23-35(40(43)44-2)49-39(37)38(48-27-33-21-13-6-14-22-33)36(47-26-32-19-11-5-12-20-32)28-45-24-30-15-7-3-8-16-30/h3-23,34,36-39H,24-28H2,1-2H3,(H,41,42)/t34-,36-,37-,38-,39-/m1/s1. The van der Waals surface area contributed by atoms with Gasteiger partial charge in [0, 0.05) is 6.92 Å². The van der Waals surface area contributed by atoms with Gasteiger partial charge in [-0.05, 0) is 28.3 Å². The van der Waals surface area contributed by atoms with E-state index in [0.717, 1.165) is 22.3 Å². The highest BCUT2D eigenvalue weighted by molar-refractivity contribution is 5.86. The second kappa shape index (κ2) is 18.7. The first-order chi connectivity index (χ1) is 24.0. The van der Waals surface area contributed by atoms with Gasteiger partial charge in [0.05, 0.1) is 46.2 Å². The Morgan fingerprint density at radius 3 is 1.69 bits per heavy atom. The molecular weight excluding hydrogens is 622 g/mol. The molecular formula is C40H43NO8. The Morgan fingerprint density at radius 1 is 0.694 bits per heavy atom. The fraction of sp³-hybridized carbons (Fsp3) is 0.300. The van der Waals surface area contributed by atoms with Crippen LogP contribution in [0.3, 0.4) is 0 Å². The summed E-state index contributed by atoms with van der Waals surface area (Å²) in [7, 11) is 1.29. The summed E-state index contributed by atoms with van der Waals surface area (Å²) in [5.41, 5.74) is 3.81. The third-order valence-corrected chi connectivity index (χ3v) is 8.00. The molecule has 1 N–H and O–H groups in total. The molecule has 0 unspecified atom stereocenters. The van der Waals surface area contributed by atoms with Gasteiger partial charge in [0.25, 0.3) is 0 Å². The highest BCUT2D eigenvalue weighted by Gasteiger charge is 2.46. The highest BCUT2D eigenvalue weighted by Crippen LogP contribution is 2.29. The number of ether oxygens (including phenoxy) is 6. The number of hydrogen-bond acceptors (Lipinski definition) is 8. The van der Waals surface area contributed by atoms with Crippen molar-refractivity contribution in [3.63, 3.8) is 0 Å². The van der Waals surface area contributed by atoms with Gasteiger partial charge in [-0.1, -0.05) is 121 Å². The number of rotatable bonds is 17. The third-order valence-electron chi connectivity index (χ3n) is 8.00. The first-order valence-corrected chi connectivity index (χ1v) is 16.3. The summed E-state index contributed by atoms with van der Waals surface area (Å²) < 4.78 is 37.4. The molecule has 1 aliphatic rings. The monoisotopic (exact) mass is 665 g/mol. The summed E-state index contributed by atoms with van der Waals surface area (Å²) in [6.45, 7) is 2.58. The number of methoxy groups -OCH3 is 1. The normalized spacial score (nSPS) is 18.4. The van der Waals surface area contributed by atoms with Crippen LogP contribution >= 0.6 is 0 Å². The molecule has 1 amide bonds. The van der Waals surface area contributed by atoms with E-state index in [2.05, 4.69) is 5.32 Å². The minimum absolute atomic E-state index is 0.0486. The van der Waals surface area contributed by atoms with Gasteiger partial charge in [-0.2, -0.15) is 0 Å². The van der Waals surface area contributed by atoms with Gasteiger partial charge in [-0.3, -0.25) is 4.79 Å². The van der Waals surface area contributed by atoms with Gasteiger partial charge in [-0.25, -0.2) is 4.79 Å². The Hall–Kier alpha value is -4.80. The molecule has 9 heteroatoms. The zero-order chi connectivity index (χ0) is 34.3. The molecule has 4 aromatic carbocycles. The Kier molecular flexibility index (Phi) is 13.5. The maximum absolute atomic E-state index is 13.0. The lowest BCUT2D eigenvalue weighted by molar-refractivity contribution is -0.181. The zero-order valence-electron chi connectivity index (χ0n) is 27.8. The third kappa shape index (κ3) is 10.9. The van der Waals surface area contributed by atoms with Crippen LogP contribution < -0.4 is 5.32 Å². The Bertz CT molecular complexity index is 1600. The van der Waals surface area contributed by atoms with Crippen LogP contribution in [0.1, 0.15) is 29.2 Å². The predicted octanol–water partition coefficient (Wildman–Crippen LogP) is 5.92. The van der Waals surface area contributed by atoms with E-state index < -0.39 is 36.4 Å². The molecule has 0 radical (unpaired) electrons. The van der Waals surface area contributed by atoms with E-state index >= 15 is 0 Å². The molecule has 256 valence electrons. The van der Waals surface area contributed by atoms with Crippen LogP contribution in [0.2, 0.25) is 0 Å². The van der Waals surface area contributed by atoms with E-state index in [1.54, 1.807) is 6.08 Å². The number of amides is 1. The molecule has 0 aliphatic carbocycles. The van der Waals surface area contributed by atoms with E-state index in [1.165, 1.54) is 14.0 Å². The van der Waals surface area contributed by atoms with E-state index in [9.17, 15) is 9.59 Å². The van der Waals surface area contributed by atoms with E-state index in [0.29, 0.717) is 6.61 Å². The van der Waals surface area contributed by atoms with Crippen molar-refractivity contribution >= 4 is 11.9 Å². The van der Waals surface area contributed by atoms with Crippen LogP contribution in [0.25, 0.3) is 0 Å². The minimum atomic E-state index is -0.950. The number of nitrogens with one attached hydrogen (secondary N) is 1. The van der Waals surface area contributed by atoms with Crippen molar-refractivity contribution in [1.82, 2.24) is 5.32 Å². The molecule has 0 fully saturated rings. The molecule has 0 aromatic heterocycles. The van der Waals surface area contributed by atoms with Gasteiger partial charge in [0.1, 0.15) is 18.3 Å². The van der Waals surface area contributed by atoms with Crippen LogP contribution in [0, 0.1) is 0 Å². The van der Waals surface area contributed by atoms with Crippen LogP contribution in [0.5, 0.6) is 0 Å². The van der Waals surface area contributed by atoms with E-state index in [-0.39, 0.29) is 38.1 Å². The fourth-order valence-corrected chi connectivity index (χ4v) is 5.57. The summed E-state index contributed by atoms with van der Waals surface area (Å²) in [5.74, 6) is -1.03. The molecule has 5 rings (SSSR count). The highest BCUT2D eigenvalue weighted by atomic mass is 16.6. The fourth-order valence-electron chi connectivity index (χ4n) is 5.57. The SMILES string of the molecule is COC(=O)C1=C[C@@H](OCc2ccccc2)[C@@H](NC(C)=O)[C@H]([C@H](OCc2ccccc2)[C@@H](COCc2ccccc2)OCc2ccccc2)O1. The average Bonchev–Trinajstić information content (AvgIpc) is 3.14.